The fourth-order valence-electron chi connectivity index (χ4n) is 4.38. The molecular weight excluding hydrogens is 384 g/mol. The van der Waals surface area contributed by atoms with Crippen LogP contribution in [0.2, 0.25) is 0 Å². The number of nitriles is 1. The first-order chi connectivity index (χ1) is 12.1. The zero-order valence-corrected chi connectivity index (χ0v) is 15.3. The Morgan fingerprint density at radius 1 is 1.36 bits per heavy atom. The van der Waals surface area contributed by atoms with Crippen LogP contribution in [0, 0.1) is 17.4 Å². The number of hydrogen-bond acceptors (Lipinski definition) is 4. The van der Waals surface area contributed by atoms with E-state index in [1.165, 1.54) is 0 Å². The van der Waals surface area contributed by atoms with Crippen molar-refractivity contribution in [3.05, 3.63) is 28.7 Å². The van der Waals surface area contributed by atoms with Crippen molar-refractivity contribution in [2.75, 3.05) is 11.4 Å². The average Bonchev–Trinajstić information content (AvgIpc) is 3.26. The van der Waals surface area contributed by atoms with E-state index in [1.807, 2.05) is 29.2 Å². The van der Waals surface area contributed by atoms with Crippen LogP contribution in [0.5, 0.6) is 0 Å². The molecular formula is C18H19BrN4O2. The van der Waals surface area contributed by atoms with Gasteiger partial charge in [0.25, 0.3) is 0 Å². The lowest BCUT2D eigenvalue weighted by molar-refractivity contribution is -0.127. The van der Waals surface area contributed by atoms with E-state index in [1.54, 1.807) is 4.90 Å². The van der Waals surface area contributed by atoms with Crippen LogP contribution in [0.4, 0.5) is 5.69 Å². The van der Waals surface area contributed by atoms with E-state index < -0.39 is 0 Å². The van der Waals surface area contributed by atoms with Crippen molar-refractivity contribution in [2.24, 2.45) is 5.92 Å². The van der Waals surface area contributed by atoms with Crippen molar-refractivity contribution in [1.82, 2.24) is 10.2 Å². The molecule has 3 aliphatic rings. The summed E-state index contributed by atoms with van der Waals surface area (Å²) >= 11 is 3.41. The molecule has 6 nitrogen and oxygen atoms in total. The number of rotatable bonds is 3. The van der Waals surface area contributed by atoms with Gasteiger partial charge in [-0.25, -0.2) is 0 Å². The Hall–Kier alpha value is -2.07. The van der Waals surface area contributed by atoms with Crippen LogP contribution in [0.15, 0.2) is 28.7 Å². The fraction of sp³-hybridized carbons (Fsp3) is 0.500. The Kier molecular flexibility index (Phi) is 4.16. The van der Waals surface area contributed by atoms with Crippen LogP contribution < -0.4 is 10.2 Å². The predicted molar refractivity (Wildman–Crippen MR) is 95.4 cm³/mol. The highest BCUT2D eigenvalue weighted by atomic mass is 79.9. The van der Waals surface area contributed by atoms with Crippen LogP contribution in [-0.4, -0.2) is 41.4 Å². The van der Waals surface area contributed by atoms with Crippen LogP contribution in [0.25, 0.3) is 0 Å². The number of nitrogens with one attached hydrogen (secondary N) is 1. The van der Waals surface area contributed by atoms with Crippen molar-refractivity contribution in [1.29, 1.82) is 5.26 Å². The number of carbonyl (C=O) groups is 2. The summed E-state index contributed by atoms with van der Waals surface area (Å²) in [5.74, 6) is -0.424. The molecule has 3 heterocycles. The maximum atomic E-state index is 12.7. The molecule has 1 aromatic rings. The zero-order valence-electron chi connectivity index (χ0n) is 13.7. The third kappa shape index (κ3) is 2.89. The van der Waals surface area contributed by atoms with Gasteiger partial charge in [0.2, 0.25) is 11.8 Å². The molecule has 4 atom stereocenters. The molecule has 0 aliphatic carbocycles. The van der Waals surface area contributed by atoms with Gasteiger partial charge in [-0.2, -0.15) is 5.26 Å². The maximum absolute atomic E-state index is 12.7. The second-order valence-electron chi connectivity index (χ2n) is 7.04. The minimum absolute atomic E-state index is 0.0233. The highest BCUT2D eigenvalue weighted by Gasteiger charge is 2.47. The van der Waals surface area contributed by atoms with Gasteiger partial charge in [-0.3, -0.25) is 9.59 Å². The summed E-state index contributed by atoms with van der Waals surface area (Å²) in [7, 11) is 0. The normalized spacial score (nSPS) is 30.6. The number of carbonyl (C=O) groups excluding carboxylic acids is 2. The summed E-state index contributed by atoms with van der Waals surface area (Å²) in [6.07, 6.45) is 5.31. The Labute approximate surface area is 154 Å². The fourth-order valence-corrected chi connectivity index (χ4v) is 4.76. The monoisotopic (exact) mass is 402 g/mol. The first kappa shape index (κ1) is 16.4. The molecule has 0 spiro atoms. The number of amides is 2. The second-order valence-corrected chi connectivity index (χ2v) is 7.96. The van der Waals surface area contributed by atoms with Crippen molar-refractivity contribution in [3.63, 3.8) is 0 Å². The van der Waals surface area contributed by atoms with Crippen LogP contribution in [0.1, 0.15) is 25.7 Å². The quantitative estimate of drug-likeness (QED) is 0.784. The summed E-state index contributed by atoms with van der Waals surface area (Å²) in [6.45, 7) is 0.407. The predicted octanol–water partition coefficient (Wildman–Crippen LogP) is 2.00. The minimum atomic E-state index is -0.332. The Morgan fingerprint density at radius 3 is 2.92 bits per heavy atom. The first-order valence-electron chi connectivity index (χ1n) is 8.61. The van der Waals surface area contributed by atoms with E-state index in [-0.39, 0.29) is 42.3 Å². The number of benzene rings is 1. The molecule has 0 saturated carbocycles. The topological polar surface area (TPSA) is 76.4 Å². The summed E-state index contributed by atoms with van der Waals surface area (Å²) in [5.41, 5.74) is 0.810. The van der Waals surface area contributed by atoms with Gasteiger partial charge >= 0.3 is 0 Å². The molecule has 0 aromatic heterocycles. The number of halogens is 1. The van der Waals surface area contributed by atoms with Crippen LogP contribution in [0.3, 0.4) is 0 Å². The molecule has 1 aromatic carbocycles. The van der Waals surface area contributed by atoms with E-state index >= 15 is 0 Å². The van der Waals surface area contributed by atoms with Gasteiger partial charge in [-0.05, 0) is 37.5 Å². The Balaban J connectivity index is 1.41. The van der Waals surface area contributed by atoms with Crippen LogP contribution in [-0.2, 0) is 9.59 Å². The highest BCUT2D eigenvalue weighted by Crippen LogP contribution is 2.37. The van der Waals surface area contributed by atoms with Crippen molar-refractivity contribution >= 4 is 33.4 Å². The smallest absolute Gasteiger partial charge is 0.227 e. The molecule has 2 bridgehead atoms. The van der Waals surface area contributed by atoms with Crippen molar-refractivity contribution in [3.8, 4) is 6.19 Å². The molecule has 0 radical (unpaired) electrons. The summed E-state index contributed by atoms with van der Waals surface area (Å²) in [6, 6.07) is 7.97. The second kappa shape index (κ2) is 6.34. The number of hydrogen-bond donors (Lipinski definition) is 1. The average molecular weight is 403 g/mol. The van der Waals surface area contributed by atoms with E-state index in [2.05, 4.69) is 27.4 Å². The van der Waals surface area contributed by atoms with Gasteiger partial charge in [0, 0.05) is 29.2 Å². The van der Waals surface area contributed by atoms with Gasteiger partial charge in [-0.15, -0.1) is 0 Å². The SMILES string of the molecule is N#CN1[C@H]2CC[C@@H]1[C@H](NC(=O)[C@H]1CC(=O)N(c3cccc(Br)c3)C1)C2. The molecule has 4 rings (SSSR count). The van der Waals surface area contributed by atoms with E-state index in [4.69, 9.17) is 0 Å². The number of fused-ring (bicyclic) bond motifs is 2. The molecule has 7 heteroatoms. The van der Waals surface area contributed by atoms with Gasteiger partial charge in [0.1, 0.15) is 0 Å². The molecule has 130 valence electrons. The molecule has 3 aliphatic heterocycles. The van der Waals surface area contributed by atoms with Crippen molar-refractivity contribution < 1.29 is 9.59 Å². The van der Waals surface area contributed by atoms with Gasteiger partial charge in [-0.1, -0.05) is 22.0 Å². The zero-order chi connectivity index (χ0) is 17.6. The van der Waals surface area contributed by atoms with Gasteiger partial charge in [0.05, 0.1) is 18.0 Å². The molecule has 25 heavy (non-hydrogen) atoms. The number of anilines is 1. The maximum Gasteiger partial charge on any atom is 0.227 e. The lowest BCUT2D eigenvalue weighted by atomic mass is 9.94. The number of nitrogens with zero attached hydrogens (tertiary/aromatic N) is 3. The summed E-state index contributed by atoms with van der Waals surface area (Å²) in [4.78, 5) is 28.5. The first-order valence-corrected chi connectivity index (χ1v) is 9.40. The minimum Gasteiger partial charge on any atom is -0.351 e. The van der Waals surface area contributed by atoms with Gasteiger partial charge < -0.3 is 15.1 Å². The lowest BCUT2D eigenvalue weighted by Gasteiger charge is -2.23. The molecule has 1 N–H and O–H groups in total. The van der Waals surface area contributed by atoms with Crippen molar-refractivity contribution in [2.45, 2.75) is 43.8 Å². The van der Waals surface area contributed by atoms with Gasteiger partial charge in [0.15, 0.2) is 6.19 Å². The van der Waals surface area contributed by atoms with E-state index in [0.717, 1.165) is 29.4 Å². The van der Waals surface area contributed by atoms with Crippen LogP contribution >= 0.6 is 15.9 Å². The standard InChI is InChI=1S/C18H19BrN4O2/c19-12-2-1-3-13(7-12)22-9-11(6-17(22)24)18(25)21-15-8-14-4-5-16(15)23(14)10-20/h1-3,7,11,14-16H,4-6,8-9H2,(H,21,25)/t11-,14-,15+,16+/m0/s1. The Morgan fingerprint density at radius 2 is 2.20 bits per heavy atom. The third-order valence-electron chi connectivity index (χ3n) is 5.60. The van der Waals surface area contributed by atoms with E-state index in [0.29, 0.717) is 6.54 Å². The third-order valence-corrected chi connectivity index (χ3v) is 6.09. The molecule has 2 amide bonds. The highest BCUT2D eigenvalue weighted by molar-refractivity contribution is 9.10. The van der Waals surface area contributed by atoms with E-state index in [9.17, 15) is 14.9 Å². The molecule has 3 saturated heterocycles. The lowest BCUT2D eigenvalue weighted by Crippen LogP contribution is -2.46. The molecule has 0 unspecified atom stereocenters. The summed E-state index contributed by atoms with van der Waals surface area (Å²) in [5, 5.41) is 12.3. The largest absolute Gasteiger partial charge is 0.351 e. The summed E-state index contributed by atoms with van der Waals surface area (Å²) < 4.78 is 0.907. The Bertz CT molecular complexity index is 762. The molecule has 3 fully saturated rings.